The highest BCUT2D eigenvalue weighted by Crippen LogP contribution is 2.36. The van der Waals surface area contributed by atoms with E-state index in [0.717, 1.165) is 36.9 Å². The number of rotatable bonds is 6. The average Bonchev–Trinajstić information content (AvgIpc) is 3.23. The topological polar surface area (TPSA) is 83.0 Å². The number of Topliss-reactive ketones (excluding diaryl/α,β-unsaturated/α-hetero) is 2. The fourth-order valence-electron chi connectivity index (χ4n) is 4.01. The van der Waals surface area contributed by atoms with E-state index in [1.165, 1.54) is 6.92 Å². The third-order valence-electron chi connectivity index (χ3n) is 5.55. The van der Waals surface area contributed by atoms with Crippen molar-refractivity contribution in [2.45, 2.75) is 25.6 Å². The smallest absolute Gasteiger partial charge is 0.526 e. The molecule has 2 aromatic rings. The van der Waals surface area contributed by atoms with Crippen molar-refractivity contribution >= 4 is 35.2 Å². The number of fused-ring (bicyclic) bond motifs is 1. The molecule has 1 saturated heterocycles. The maximum atomic E-state index is 12.6. The van der Waals surface area contributed by atoms with E-state index in [1.807, 2.05) is 23.7 Å². The van der Waals surface area contributed by atoms with Crippen LogP contribution in [0.3, 0.4) is 0 Å². The number of anilines is 1. The lowest BCUT2D eigenvalue weighted by Gasteiger charge is -2.34. The van der Waals surface area contributed by atoms with E-state index < -0.39 is 7.12 Å². The Morgan fingerprint density at radius 1 is 1.31 bits per heavy atom. The molecule has 0 amide bonds. The molecule has 2 aliphatic rings. The van der Waals surface area contributed by atoms with Gasteiger partial charge in [-0.25, -0.2) is 4.98 Å². The first-order valence-corrected chi connectivity index (χ1v) is 10.8. The second-order valence-corrected chi connectivity index (χ2v) is 8.52. The highest BCUT2D eigenvalue weighted by molar-refractivity contribution is 7.13. The highest BCUT2D eigenvalue weighted by Gasteiger charge is 2.37. The fourth-order valence-corrected chi connectivity index (χ4v) is 4.71. The van der Waals surface area contributed by atoms with Crippen LogP contribution < -0.4 is 9.55 Å². The van der Waals surface area contributed by atoms with Crippen molar-refractivity contribution in [1.82, 2.24) is 9.88 Å². The van der Waals surface area contributed by atoms with Gasteiger partial charge < -0.3 is 14.6 Å². The van der Waals surface area contributed by atoms with Gasteiger partial charge in [-0.2, -0.15) is 0 Å². The monoisotopic (exact) mass is 413 g/mol. The van der Waals surface area contributed by atoms with E-state index in [0.29, 0.717) is 24.3 Å². The van der Waals surface area contributed by atoms with Crippen molar-refractivity contribution < 1.29 is 19.3 Å². The van der Waals surface area contributed by atoms with Crippen LogP contribution in [0.15, 0.2) is 29.8 Å². The van der Waals surface area contributed by atoms with Gasteiger partial charge in [-0.05, 0) is 25.0 Å². The van der Waals surface area contributed by atoms with Gasteiger partial charge in [0, 0.05) is 50.0 Å². The second kappa shape index (κ2) is 8.65. The molecule has 152 valence electrons. The van der Waals surface area contributed by atoms with Gasteiger partial charge in [0.15, 0.2) is 10.9 Å². The maximum absolute atomic E-state index is 12.6. The number of ketones is 2. The van der Waals surface area contributed by atoms with Crippen LogP contribution in [0.25, 0.3) is 0 Å². The Bertz CT molecular complexity index is 884. The largest absolute Gasteiger partial charge is 0.535 e. The number of carbonyl (C=O) groups is 2. The Labute approximate surface area is 174 Å². The highest BCUT2D eigenvalue weighted by atomic mass is 32.1. The first-order chi connectivity index (χ1) is 14.0. The number of hydrogen-bond acceptors (Lipinski definition) is 8. The maximum Gasteiger partial charge on any atom is 0.526 e. The SMILES string of the molecule is CC(=O)c1cccc2c1OB(O)[C@@H](CC(=O)CN1CCN(c3nccs3)CC1)C2. The van der Waals surface area contributed by atoms with Crippen LogP contribution in [0, 0.1) is 0 Å². The van der Waals surface area contributed by atoms with Crippen LogP contribution >= 0.6 is 11.3 Å². The predicted molar refractivity (Wildman–Crippen MR) is 113 cm³/mol. The van der Waals surface area contributed by atoms with E-state index in [1.54, 1.807) is 17.4 Å². The lowest BCUT2D eigenvalue weighted by Crippen LogP contribution is -2.48. The van der Waals surface area contributed by atoms with E-state index >= 15 is 0 Å². The van der Waals surface area contributed by atoms with Crippen molar-refractivity contribution in [3.8, 4) is 5.75 Å². The zero-order chi connectivity index (χ0) is 20.4. The van der Waals surface area contributed by atoms with Crippen LogP contribution in [0.1, 0.15) is 29.3 Å². The third-order valence-corrected chi connectivity index (χ3v) is 6.38. The van der Waals surface area contributed by atoms with E-state index in [4.69, 9.17) is 4.65 Å². The molecule has 1 fully saturated rings. The van der Waals surface area contributed by atoms with Gasteiger partial charge in [0.2, 0.25) is 0 Å². The molecule has 1 atom stereocenters. The zero-order valence-corrected chi connectivity index (χ0v) is 17.2. The quantitative estimate of drug-likeness (QED) is 0.572. The summed E-state index contributed by atoms with van der Waals surface area (Å²) in [7, 11) is -1.08. The molecule has 3 heterocycles. The van der Waals surface area contributed by atoms with Gasteiger partial charge in [-0.15, -0.1) is 11.3 Å². The summed E-state index contributed by atoms with van der Waals surface area (Å²) in [5.41, 5.74) is 1.35. The molecule has 0 aliphatic carbocycles. The average molecular weight is 413 g/mol. The summed E-state index contributed by atoms with van der Waals surface area (Å²) in [6.45, 7) is 5.22. The second-order valence-electron chi connectivity index (χ2n) is 7.64. The van der Waals surface area contributed by atoms with Gasteiger partial charge >= 0.3 is 7.12 Å². The summed E-state index contributed by atoms with van der Waals surface area (Å²) in [5.74, 6) is 0.162. The minimum absolute atomic E-state index is 0.0968. The molecule has 1 N–H and O–H groups in total. The Hall–Kier alpha value is -2.23. The number of aromatic nitrogens is 1. The molecule has 29 heavy (non-hydrogen) atoms. The Balaban J connectivity index is 1.31. The Kier molecular flexibility index (Phi) is 5.98. The van der Waals surface area contributed by atoms with E-state index in [9.17, 15) is 14.6 Å². The lowest BCUT2D eigenvalue weighted by atomic mass is 9.64. The Morgan fingerprint density at radius 2 is 2.10 bits per heavy atom. The number of para-hydroxylation sites is 1. The summed E-state index contributed by atoms with van der Waals surface area (Å²) in [6, 6.07) is 5.41. The van der Waals surface area contributed by atoms with Crippen LogP contribution in [-0.4, -0.2) is 66.3 Å². The summed E-state index contributed by atoms with van der Waals surface area (Å²) < 4.78 is 5.64. The van der Waals surface area contributed by atoms with Crippen LogP contribution in [0.4, 0.5) is 5.13 Å². The molecular formula is C20H24BN3O4S. The minimum Gasteiger partial charge on any atom is -0.535 e. The number of benzene rings is 1. The standard InChI is InChI=1S/C20H24BN3O4S/c1-14(25)18-4-2-3-15-11-16(21(27)28-19(15)18)12-17(26)13-23-6-8-24(9-7-23)20-22-5-10-29-20/h2-5,10,16,27H,6-9,11-13H2,1H3/t16-/m1/s1. The molecule has 9 heteroatoms. The molecular weight excluding hydrogens is 389 g/mol. The molecule has 0 bridgehead atoms. The molecule has 2 aliphatic heterocycles. The lowest BCUT2D eigenvalue weighted by molar-refractivity contribution is -0.120. The molecule has 0 radical (unpaired) electrons. The van der Waals surface area contributed by atoms with Crippen molar-refractivity contribution in [3.63, 3.8) is 0 Å². The van der Waals surface area contributed by atoms with Crippen LogP contribution in [0.2, 0.25) is 5.82 Å². The van der Waals surface area contributed by atoms with Crippen molar-refractivity contribution in [2.24, 2.45) is 0 Å². The van der Waals surface area contributed by atoms with Gasteiger partial charge in [-0.3, -0.25) is 14.5 Å². The minimum atomic E-state index is -1.08. The fraction of sp³-hybridized carbons (Fsp3) is 0.450. The van der Waals surface area contributed by atoms with Gasteiger partial charge in [-0.1, -0.05) is 12.1 Å². The molecule has 0 spiro atoms. The van der Waals surface area contributed by atoms with Crippen molar-refractivity contribution in [1.29, 1.82) is 0 Å². The predicted octanol–water partition coefficient (Wildman–Crippen LogP) is 1.91. The van der Waals surface area contributed by atoms with Gasteiger partial charge in [0.1, 0.15) is 11.5 Å². The van der Waals surface area contributed by atoms with E-state index in [2.05, 4.69) is 14.8 Å². The third kappa shape index (κ3) is 4.52. The van der Waals surface area contributed by atoms with Crippen LogP contribution in [-0.2, 0) is 11.2 Å². The molecule has 1 aromatic carbocycles. The normalized spacial score (nSPS) is 19.6. The first-order valence-electron chi connectivity index (χ1n) is 9.87. The number of thiazole rings is 1. The summed E-state index contributed by atoms with van der Waals surface area (Å²) in [6.07, 6.45) is 2.60. The Morgan fingerprint density at radius 3 is 2.79 bits per heavy atom. The van der Waals surface area contributed by atoms with Gasteiger partial charge in [0.25, 0.3) is 0 Å². The number of carbonyl (C=O) groups excluding carboxylic acids is 2. The van der Waals surface area contributed by atoms with Gasteiger partial charge in [0.05, 0.1) is 12.1 Å². The summed E-state index contributed by atoms with van der Waals surface area (Å²) in [5, 5.41) is 13.4. The number of nitrogens with zero attached hydrogens (tertiary/aromatic N) is 3. The summed E-state index contributed by atoms with van der Waals surface area (Å²) in [4.78, 5) is 33.2. The summed E-state index contributed by atoms with van der Waals surface area (Å²) >= 11 is 1.63. The molecule has 0 unspecified atom stereocenters. The van der Waals surface area contributed by atoms with Crippen molar-refractivity contribution in [2.75, 3.05) is 37.6 Å². The van der Waals surface area contributed by atoms with Crippen LogP contribution in [0.5, 0.6) is 5.75 Å². The van der Waals surface area contributed by atoms with E-state index in [-0.39, 0.29) is 23.8 Å². The number of piperazine rings is 1. The number of hydrogen-bond donors (Lipinski definition) is 1. The molecule has 7 nitrogen and oxygen atoms in total. The molecule has 4 rings (SSSR count). The first kappa shape index (κ1) is 20.1. The molecule has 0 saturated carbocycles. The molecule has 1 aromatic heterocycles. The van der Waals surface area contributed by atoms with Crippen molar-refractivity contribution in [3.05, 3.63) is 40.9 Å². The zero-order valence-electron chi connectivity index (χ0n) is 16.4.